The summed E-state index contributed by atoms with van der Waals surface area (Å²) in [7, 11) is 0. The topological polar surface area (TPSA) is 62.2 Å². The Kier molecular flexibility index (Phi) is 11.1. The van der Waals surface area contributed by atoms with Crippen LogP contribution in [0.3, 0.4) is 0 Å². The summed E-state index contributed by atoms with van der Waals surface area (Å²) in [5.41, 5.74) is 6.06. The van der Waals surface area contributed by atoms with Gasteiger partial charge in [0, 0.05) is 11.1 Å². The van der Waals surface area contributed by atoms with E-state index in [0.29, 0.717) is 18.1 Å². The summed E-state index contributed by atoms with van der Waals surface area (Å²) in [6, 6.07) is 22.2. The molecular formula is C38H40N2O4. The van der Waals surface area contributed by atoms with Crippen LogP contribution in [0.1, 0.15) is 53.5 Å². The van der Waals surface area contributed by atoms with Gasteiger partial charge < -0.3 is 14.6 Å². The first-order valence-corrected chi connectivity index (χ1v) is 15.4. The molecule has 0 aromatic heterocycles. The SMILES string of the molecule is Cc1cc(OCC=C(c2ccc(C#CCN3CCCC3)cc2)c2ccc(C#CCN3CCCC3)cc2)ccc1OCC(=O)O. The third-order valence-corrected chi connectivity index (χ3v) is 7.89. The molecule has 6 nitrogen and oxygen atoms in total. The van der Waals surface area contributed by atoms with Gasteiger partial charge in [0.05, 0.1) is 13.1 Å². The minimum absolute atomic E-state index is 0.360. The highest BCUT2D eigenvalue weighted by Gasteiger charge is 2.11. The number of nitrogens with zero attached hydrogens (tertiary/aromatic N) is 2. The van der Waals surface area contributed by atoms with E-state index in [0.717, 1.165) is 72.7 Å². The largest absolute Gasteiger partial charge is 0.489 e. The minimum atomic E-state index is -1.01. The average molecular weight is 589 g/mol. The van der Waals surface area contributed by atoms with Crippen LogP contribution in [0.25, 0.3) is 5.57 Å². The number of likely N-dealkylation sites (tertiary alicyclic amines) is 2. The molecule has 3 aromatic carbocycles. The van der Waals surface area contributed by atoms with Crippen molar-refractivity contribution in [2.75, 3.05) is 52.5 Å². The first kappa shape index (κ1) is 31.0. The van der Waals surface area contributed by atoms with Gasteiger partial charge in [-0.05, 0) is 130 Å². The maximum Gasteiger partial charge on any atom is 0.341 e. The second-order valence-electron chi connectivity index (χ2n) is 11.3. The normalized spacial score (nSPS) is 14.7. The molecule has 2 aliphatic rings. The van der Waals surface area contributed by atoms with Crippen molar-refractivity contribution in [1.82, 2.24) is 9.80 Å². The van der Waals surface area contributed by atoms with Crippen molar-refractivity contribution in [2.45, 2.75) is 32.6 Å². The second kappa shape index (κ2) is 15.8. The highest BCUT2D eigenvalue weighted by Crippen LogP contribution is 2.26. The number of carboxylic acids is 1. The summed E-state index contributed by atoms with van der Waals surface area (Å²) >= 11 is 0. The third kappa shape index (κ3) is 9.25. The van der Waals surface area contributed by atoms with Gasteiger partial charge in [-0.1, -0.05) is 47.9 Å². The van der Waals surface area contributed by atoms with Crippen LogP contribution < -0.4 is 9.47 Å². The molecule has 2 heterocycles. The number of aryl methyl sites for hydroxylation is 1. The maximum atomic E-state index is 10.8. The van der Waals surface area contributed by atoms with Gasteiger partial charge in [0.15, 0.2) is 6.61 Å². The maximum absolute atomic E-state index is 10.8. The van der Waals surface area contributed by atoms with Crippen LogP contribution in [-0.4, -0.2) is 73.4 Å². The van der Waals surface area contributed by atoms with Crippen LogP contribution in [0.2, 0.25) is 0 Å². The molecule has 2 saturated heterocycles. The molecule has 0 aliphatic carbocycles. The van der Waals surface area contributed by atoms with E-state index in [-0.39, 0.29) is 6.61 Å². The number of aliphatic carboxylic acids is 1. The predicted molar refractivity (Wildman–Crippen MR) is 175 cm³/mol. The molecule has 226 valence electrons. The number of hydrogen-bond donors (Lipinski definition) is 1. The van der Waals surface area contributed by atoms with E-state index in [1.54, 1.807) is 12.1 Å². The van der Waals surface area contributed by atoms with E-state index < -0.39 is 5.97 Å². The molecule has 0 saturated carbocycles. The van der Waals surface area contributed by atoms with Gasteiger partial charge in [0.2, 0.25) is 0 Å². The number of benzene rings is 3. The van der Waals surface area contributed by atoms with E-state index >= 15 is 0 Å². The van der Waals surface area contributed by atoms with Crippen LogP contribution >= 0.6 is 0 Å². The second-order valence-corrected chi connectivity index (χ2v) is 11.3. The lowest BCUT2D eigenvalue weighted by Crippen LogP contribution is -2.18. The molecule has 3 aromatic rings. The Hall–Kier alpha value is -4.49. The standard InChI is InChI=1S/C38H40N2O4/c1-30-28-35(18-19-37(30)44-29-38(41)42)43-27-20-36(33-14-10-31(11-15-33)8-6-25-39-21-2-3-22-39)34-16-12-32(13-17-34)9-7-26-40-23-4-5-24-40/h10-20,28H,2-5,21-27,29H2,1H3,(H,41,42). The summed E-state index contributed by atoms with van der Waals surface area (Å²) in [6.07, 6.45) is 7.17. The molecule has 2 fully saturated rings. The zero-order valence-electron chi connectivity index (χ0n) is 25.5. The number of carbonyl (C=O) groups is 1. The Morgan fingerprint density at radius 2 is 1.30 bits per heavy atom. The van der Waals surface area contributed by atoms with E-state index in [1.165, 1.54) is 25.7 Å². The summed E-state index contributed by atoms with van der Waals surface area (Å²) in [5.74, 6) is 13.5. The summed E-state index contributed by atoms with van der Waals surface area (Å²) in [5, 5.41) is 8.89. The lowest BCUT2D eigenvalue weighted by atomic mass is 9.96. The molecule has 2 aliphatic heterocycles. The Balaban J connectivity index is 1.30. The van der Waals surface area contributed by atoms with Gasteiger partial charge in [-0.2, -0.15) is 0 Å². The summed E-state index contributed by atoms with van der Waals surface area (Å²) < 4.78 is 11.4. The molecule has 6 heteroatoms. The number of carboxylic acid groups (broad SMARTS) is 1. The molecule has 0 atom stereocenters. The first-order valence-electron chi connectivity index (χ1n) is 15.4. The van der Waals surface area contributed by atoms with E-state index in [2.05, 4.69) is 88.1 Å². The van der Waals surface area contributed by atoms with Crippen molar-refractivity contribution in [3.63, 3.8) is 0 Å². The van der Waals surface area contributed by atoms with Gasteiger partial charge in [-0.25, -0.2) is 4.79 Å². The zero-order chi connectivity index (χ0) is 30.6. The van der Waals surface area contributed by atoms with Crippen molar-refractivity contribution in [2.24, 2.45) is 0 Å². The molecular weight excluding hydrogens is 548 g/mol. The van der Waals surface area contributed by atoms with E-state index in [1.807, 2.05) is 13.0 Å². The van der Waals surface area contributed by atoms with Crippen LogP contribution in [0.4, 0.5) is 0 Å². The Morgan fingerprint density at radius 3 is 1.77 bits per heavy atom. The lowest BCUT2D eigenvalue weighted by molar-refractivity contribution is -0.139. The van der Waals surface area contributed by atoms with Gasteiger partial charge in [0.1, 0.15) is 18.1 Å². The van der Waals surface area contributed by atoms with Crippen molar-refractivity contribution in [3.05, 3.63) is 101 Å². The monoisotopic (exact) mass is 588 g/mol. The Bertz CT molecular complexity index is 1480. The highest BCUT2D eigenvalue weighted by molar-refractivity contribution is 5.80. The van der Waals surface area contributed by atoms with Gasteiger partial charge in [-0.15, -0.1) is 0 Å². The molecule has 0 unspecified atom stereocenters. The van der Waals surface area contributed by atoms with E-state index in [9.17, 15) is 4.79 Å². The van der Waals surface area contributed by atoms with Crippen LogP contribution in [0, 0.1) is 30.6 Å². The fourth-order valence-corrected chi connectivity index (χ4v) is 5.49. The van der Waals surface area contributed by atoms with E-state index in [4.69, 9.17) is 14.6 Å². The summed E-state index contributed by atoms with van der Waals surface area (Å²) in [6.45, 7) is 8.09. The van der Waals surface area contributed by atoms with Crippen molar-refractivity contribution in [1.29, 1.82) is 0 Å². The van der Waals surface area contributed by atoms with Gasteiger partial charge in [-0.3, -0.25) is 9.80 Å². The Morgan fingerprint density at radius 1 is 0.773 bits per heavy atom. The van der Waals surface area contributed by atoms with Crippen molar-refractivity contribution >= 4 is 11.5 Å². The molecule has 0 radical (unpaired) electrons. The van der Waals surface area contributed by atoms with Gasteiger partial charge >= 0.3 is 5.97 Å². The zero-order valence-corrected chi connectivity index (χ0v) is 25.5. The fraction of sp³-hybridized carbons (Fsp3) is 0.342. The number of hydrogen-bond acceptors (Lipinski definition) is 5. The molecule has 1 N–H and O–H groups in total. The quantitative estimate of drug-likeness (QED) is 0.299. The minimum Gasteiger partial charge on any atom is -0.489 e. The van der Waals surface area contributed by atoms with Crippen molar-refractivity contribution in [3.8, 4) is 35.2 Å². The third-order valence-electron chi connectivity index (χ3n) is 7.89. The number of ether oxygens (including phenoxy) is 2. The highest BCUT2D eigenvalue weighted by atomic mass is 16.5. The molecule has 0 bridgehead atoms. The first-order chi connectivity index (χ1) is 21.5. The van der Waals surface area contributed by atoms with Crippen LogP contribution in [0.15, 0.2) is 72.8 Å². The average Bonchev–Trinajstić information content (AvgIpc) is 3.75. The lowest BCUT2D eigenvalue weighted by Gasteiger charge is -2.12. The summed E-state index contributed by atoms with van der Waals surface area (Å²) in [4.78, 5) is 15.7. The molecule has 0 amide bonds. The van der Waals surface area contributed by atoms with Gasteiger partial charge in [0.25, 0.3) is 0 Å². The molecule has 0 spiro atoms. The Labute approximate surface area is 261 Å². The smallest absolute Gasteiger partial charge is 0.341 e. The predicted octanol–water partition coefficient (Wildman–Crippen LogP) is 5.86. The molecule has 5 rings (SSSR count). The fourth-order valence-electron chi connectivity index (χ4n) is 5.49. The number of rotatable bonds is 10. The molecule has 44 heavy (non-hydrogen) atoms. The van der Waals surface area contributed by atoms with Crippen molar-refractivity contribution < 1.29 is 19.4 Å². The van der Waals surface area contributed by atoms with Crippen LogP contribution in [-0.2, 0) is 4.79 Å². The van der Waals surface area contributed by atoms with Crippen LogP contribution in [0.5, 0.6) is 11.5 Å².